The first-order valence-corrected chi connectivity index (χ1v) is 14.6. The minimum atomic E-state index is -1.17. The van der Waals surface area contributed by atoms with E-state index in [4.69, 9.17) is 4.84 Å². The Bertz CT molecular complexity index is 849. The number of hydrogen-bond acceptors (Lipinski definition) is 5. The van der Waals surface area contributed by atoms with E-state index in [0.29, 0.717) is 25.7 Å². The summed E-state index contributed by atoms with van der Waals surface area (Å²) in [5, 5.41) is 7.54. The van der Waals surface area contributed by atoms with Crippen molar-refractivity contribution in [2.75, 3.05) is 0 Å². The maximum Gasteiger partial charge on any atom is 0.346 e. The minimum absolute atomic E-state index is 0.108. The first-order valence-electron chi connectivity index (χ1n) is 14.6. The Morgan fingerprint density at radius 1 is 0.667 bits per heavy atom. The summed E-state index contributed by atoms with van der Waals surface area (Å²) in [6, 6.07) is 0.218. The van der Waals surface area contributed by atoms with Gasteiger partial charge in [-0.15, -0.1) is 0 Å². The second-order valence-corrected chi connectivity index (χ2v) is 12.0. The van der Waals surface area contributed by atoms with Gasteiger partial charge in [0.1, 0.15) is 0 Å². The molecule has 1 unspecified atom stereocenters. The van der Waals surface area contributed by atoms with Crippen LogP contribution in [0.3, 0.4) is 0 Å². The van der Waals surface area contributed by atoms with E-state index >= 15 is 0 Å². The van der Waals surface area contributed by atoms with Gasteiger partial charge in [0.2, 0.25) is 11.8 Å². The van der Waals surface area contributed by atoms with Gasteiger partial charge in [-0.25, -0.2) is 4.79 Å². The van der Waals surface area contributed by atoms with Crippen LogP contribution in [0.1, 0.15) is 122 Å². The molecule has 1 atom stereocenters. The van der Waals surface area contributed by atoms with Crippen LogP contribution in [0.4, 0.5) is 0 Å². The quantitative estimate of drug-likeness (QED) is 0.534. The topological polar surface area (TPSA) is 105 Å². The third-order valence-electron chi connectivity index (χ3n) is 9.74. The molecule has 200 valence electrons. The fourth-order valence-electron chi connectivity index (χ4n) is 7.62. The van der Waals surface area contributed by atoms with Gasteiger partial charge in [0.15, 0.2) is 11.5 Å². The molecule has 36 heavy (non-hydrogen) atoms. The molecule has 4 aliphatic carbocycles. The molecule has 4 saturated carbocycles. The van der Waals surface area contributed by atoms with Crippen LogP contribution in [0, 0.1) is 11.3 Å². The molecular formula is C28H43N3O5. The van der Waals surface area contributed by atoms with Gasteiger partial charge in [-0.05, 0) is 51.4 Å². The molecule has 5 fully saturated rings. The van der Waals surface area contributed by atoms with E-state index in [9.17, 15) is 19.2 Å². The van der Waals surface area contributed by atoms with Crippen LogP contribution in [-0.4, -0.2) is 46.4 Å². The van der Waals surface area contributed by atoms with Gasteiger partial charge in [-0.2, -0.15) is 5.06 Å². The zero-order valence-corrected chi connectivity index (χ0v) is 21.7. The fourth-order valence-corrected chi connectivity index (χ4v) is 7.62. The lowest BCUT2D eigenvalue weighted by atomic mass is 9.71. The summed E-state index contributed by atoms with van der Waals surface area (Å²) in [5.74, 6) is -2.67. The first kappa shape index (κ1) is 25.5. The Morgan fingerprint density at radius 3 is 1.69 bits per heavy atom. The van der Waals surface area contributed by atoms with Gasteiger partial charge >= 0.3 is 5.97 Å². The predicted octanol–water partition coefficient (Wildman–Crippen LogP) is 4.06. The number of nitrogens with one attached hydrogen (secondary N) is 2. The Labute approximate surface area is 214 Å². The molecule has 0 aromatic heterocycles. The van der Waals surface area contributed by atoms with Crippen molar-refractivity contribution in [3.05, 3.63) is 0 Å². The summed E-state index contributed by atoms with van der Waals surface area (Å²) in [7, 11) is 0. The SMILES string of the molecule is O=C1ON(C2(C(=O)NC3CCCCC3)CCCCC2)C(=O)C1C1(C(=O)NC2CCCCC2)CCCC1. The largest absolute Gasteiger partial charge is 0.353 e. The molecule has 0 aromatic carbocycles. The van der Waals surface area contributed by atoms with E-state index in [0.717, 1.165) is 88.5 Å². The van der Waals surface area contributed by atoms with Crippen LogP contribution in [0.15, 0.2) is 0 Å². The molecule has 0 spiro atoms. The molecule has 8 nitrogen and oxygen atoms in total. The molecule has 1 saturated heterocycles. The average molecular weight is 502 g/mol. The third kappa shape index (κ3) is 4.65. The van der Waals surface area contributed by atoms with Gasteiger partial charge in [-0.3, -0.25) is 14.4 Å². The Morgan fingerprint density at radius 2 is 1.14 bits per heavy atom. The molecule has 2 N–H and O–H groups in total. The first-order chi connectivity index (χ1) is 17.5. The maximum atomic E-state index is 14.0. The number of nitrogens with zero attached hydrogens (tertiary/aromatic N) is 1. The van der Waals surface area contributed by atoms with Crippen molar-refractivity contribution in [2.45, 2.75) is 140 Å². The highest BCUT2D eigenvalue weighted by atomic mass is 16.7. The van der Waals surface area contributed by atoms with Crippen molar-refractivity contribution in [1.82, 2.24) is 15.7 Å². The Hall–Kier alpha value is -2.12. The van der Waals surface area contributed by atoms with Crippen LogP contribution in [-0.2, 0) is 24.0 Å². The van der Waals surface area contributed by atoms with Crippen molar-refractivity contribution in [2.24, 2.45) is 11.3 Å². The lowest BCUT2D eigenvalue weighted by Gasteiger charge is -2.42. The number of rotatable bonds is 6. The highest BCUT2D eigenvalue weighted by Crippen LogP contribution is 2.50. The summed E-state index contributed by atoms with van der Waals surface area (Å²) < 4.78 is 0. The van der Waals surface area contributed by atoms with Gasteiger partial charge in [0.25, 0.3) is 5.91 Å². The standard InChI is InChI=1S/C28H43N3O5/c32-23-22(27(16-10-11-17-27)25(34)29-20-12-4-1-5-13-20)24(33)36-31(23)28(18-8-3-9-19-28)26(35)30-21-14-6-2-7-15-21/h20-22H,1-19H2,(H,29,34)(H,30,35). The highest BCUT2D eigenvalue weighted by molar-refractivity contribution is 6.08. The van der Waals surface area contributed by atoms with Crippen LogP contribution in [0.2, 0.25) is 0 Å². The molecule has 0 aromatic rings. The second-order valence-electron chi connectivity index (χ2n) is 12.0. The van der Waals surface area contributed by atoms with E-state index in [1.807, 2.05) is 0 Å². The molecule has 5 rings (SSSR count). The van der Waals surface area contributed by atoms with Crippen LogP contribution < -0.4 is 10.6 Å². The predicted molar refractivity (Wildman–Crippen MR) is 133 cm³/mol. The number of carbonyl (C=O) groups excluding carboxylic acids is 4. The molecule has 1 heterocycles. The molecule has 0 radical (unpaired) electrons. The normalized spacial score (nSPS) is 29.1. The lowest BCUT2D eigenvalue weighted by Crippen LogP contribution is -2.62. The van der Waals surface area contributed by atoms with E-state index in [1.54, 1.807) is 0 Å². The summed E-state index contributed by atoms with van der Waals surface area (Å²) in [6.45, 7) is 0. The van der Waals surface area contributed by atoms with Crippen LogP contribution in [0.5, 0.6) is 0 Å². The van der Waals surface area contributed by atoms with Crippen molar-refractivity contribution in [3.63, 3.8) is 0 Å². The maximum absolute atomic E-state index is 14.0. The number of hydrogen-bond donors (Lipinski definition) is 2. The van der Waals surface area contributed by atoms with Gasteiger partial charge in [0, 0.05) is 12.1 Å². The third-order valence-corrected chi connectivity index (χ3v) is 9.74. The fraction of sp³-hybridized carbons (Fsp3) is 0.857. The molecule has 5 aliphatic rings. The van der Waals surface area contributed by atoms with Crippen molar-refractivity contribution >= 4 is 23.7 Å². The smallest absolute Gasteiger partial charge is 0.346 e. The summed E-state index contributed by atoms with van der Waals surface area (Å²) in [4.78, 5) is 60.6. The summed E-state index contributed by atoms with van der Waals surface area (Å²) in [6.07, 6.45) is 16.7. The van der Waals surface area contributed by atoms with Crippen LogP contribution in [0.25, 0.3) is 0 Å². The van der Waals surface area contributed by atoms with E-state index < -0.39 is 28.7 Å². The van der Waals surface area contributed by atoms with E-state index in [-0.39, 0.29) is 23.9 Å². The number of amides is 3. The van der Waals surface area contributed by atoms with Crippen molar-refractivity contribution in [1.29, 1.82) is 0 Å². The number of carbonyl (C=O) groups is 4. The molecule has 8 heteroatoms. The minimum Gasteiger partial charge on any atom is -0.353 e. The summed E-state index contributed by atoms with van der Waals surface area (Å²) >= 11 is 0. The highest BCUT2D eigenvalue weighted by Gasteiger charge is 2.64. The second kappa shape index (κ2) is 10.7. The monoisotopic (exact) mass is 501 g/mol. The van der Waals surface area contributed by atoms with E-state index in [2.05, 4.69) is 10.6 Å². The zero-order valence-electron chi connectivity index (χ0n) is 21.7. The summed E-state index contributed by atoms with van der Waals surface area (Å²) in [5.41, 5.74) is -2.24. The molecule has 0 bridgehead atoms. The van der Waals surface area contributed by atoms with Crippen LogP contribution >= 0.6 is 0 Å². The molecular weight excluding hydrogens is 458 g/mol. The average Bonchev–Trinajstić information content (AvgIpc) is 3.51. The molecule has 3 amide bonds. The lowest BCUT2D eigenvalue weighted by molar-refractivity contribution is -0.208. The van der Waals surface area contributed by atoms with E-state index in [1.165, 1.54) is 12.8 Å². The Kier molecular flexibility index (Phi) is 7.59. The molecule has 1 aliphatic heterocycles. The van der Waals surface area contributed by atoms with Crippen molar-refractivity contribution < 1.29 is 24.0 Å². The van der Waals surface area contributed by atoms with Crippen molar-refractivity contribution in [3.8, 4) is 0 Å². The van der Waals surface area contributed by atoms with Gasteiger partial charge in [0.05, 0.1) is 5.41 Å². The Balaban J connectivity index is 1.38. The van der Waals surface area contributed by atoms with Gasteiger partial charge < -0.3 is 15.5 Å². The number of hydroxylamine groups is 2. The van der Waals surface area contributed by atoms with Gasteiger partial charge in [-0.1, -0.05) is 70.6 Å². The zero-order chi connectivity index (χ0) is 25.2.